The number of halogens is 1. The maximum atomic E-state index is 10.6. The van der Waals surface area contributed by atoms with Crippen molar-refractivity contribution in [3.05, 3.63) is 15.9 Å². The minimum absolute atomic E-state index is 0.194. The third kappa shape index (κ3) is 2.33. The van der Waals surface area contributed by atoms with Crippen LogP contribution in [0.2, 0.25) is 5.15 Å². The van der Waals surface area contributed by atoms with Gasteiger partial charge in [0.1, 0.15) is 11.5 Å². The van der Waals surface area contributed by atoms with Crippen molar-refractivity contribution in [3.63, 3.8) is 0 Å². The maximum absolute atomic E-state index is 10.6. The predicted molar refractivity (Wildman–Crippen MR) is 66.8 cm³/mol. The van der Waals surface area contributed by atoms with E-state index in [1.54, 1.807) is 6.92 Å². The van der Waals surface area contributed by atoms with Crippen LogP contribution in [-0.2, 0) is 0 Å². The number of rotatable bonds is 3. The molecule has 1 aliphatic rings. The summed E-state index contributed by atoms with van der Waals surface area (Å²) in [7, 11) is 1.47. The largest absolute Gasteiger partial charge is 0.479 e. The number of hydrogen-bond donors (Lipinski definition) is 1. The lowest BCUT2D eigenvalue weighted by atomic mass is 10.4. The average molecular weight is 271 g/mol. The standard InChI is InChI=1S/C9H11ClN6O2/c1-5-12-7(10)6(8(13-5)18-2)14-9-11-3-4-16(9)15-17/h3-4H2,1-2H3,(H,11,14). The molecule has 0 spiro atoms. The normalized spacial score (nSPS) is 14.4. The molecule has 1 aromatic heterocycles. The molecule has 18 heavy (non-hydrogen) atoms. The summed E-state index contributed by atoms with van der Waals surface area (Å²) in [5.74, 6) is 1.08. The van der Waals surface area contributed by atoms with E-state index in [2.05, 4.69) is 25.6 Å². The molecule has 0 atom stereocenters. The van der Waals surface area contributed by atoms with Gasteiger partial charge in [0, 0.05) is 0 Å². The van der Waals surface area contributed by atoms with Gasteiger partial charge < -0.3 is 10.1 Å². The number of methoxy groups -OCH3 is 1. The van der Waals surface area contributed by atoms with Crippen LogP contribution in [0.15, 0.2) is 10.3 Å². The molecule has 0 fully saturated rings. The summed E-state index contributed by atoms with van der Waals surface area (Å²) < 4.78 is 5.11. The SMILES string of the molecule is COc1nc(C)nc(Cl)c1NC1=NCCN1N=O. The fraction of sp³-hybridized carbons (Fsp3) is 0.444. The number of nitroso groups, excluding NO2 is 1. The van der Waals surface area contributed by atoms with Gasteiger partial charge in [0.25, 0.3) is 0 Å². The summed E-state index contributed by atoms with van der Waals surface area (Å²) in [6.45, 7) is 2.61. The Morgan fingerprint density at radius 1 is 1.50 bits per heavy atom. The lowest BCUT2D eigenvalue weighted by Gasteiger charge is -2.14. The number of aromatic nitrogens is 2. The highest BCUT2D eigenvalue weighted by molar-refractivity contribution is 6.32. The molecule has 0 saturated carbocycles. The molecule has 0 aliphatic carbocycles. The van der Waals surface area contributed by atoms with Gasteiger partial charge in [-0.1, -0.05) is 11.6 Å². The lowest BCUT2D eigenvalue weighted by Crippen LogP contribution is -2.28. The minimum atomic E-state index is 0.194. The molecule has 96 valence electrons. The Kier molecular flexibility index (Phi) is 3.56. The van der Waals surface area contributed by atoms with Gasteiger partial charge in [-0.05, 0) is 6.92 Å². The molecule has 0 unspecified atom stereocenters. The van der Waals surface area contributed by atoms with E-state index in [1.807, 2.05) is 0 Å². The third-order valence-corrected chi connectivity index (χ3v) is 2.56. The zero-order valence-corrected chi connectivity index (χ0v) is 10.6. The second-order valence-electron chi connectivity index (χ2n) is 3.48. The Morgan fingerprint density at radius 2 is 2.28 bits per heavy atom. The van der Waals surface area contributed by atoms with Gasteiger partial charge in [0.2, 0.25) is 11.8 Å². The number of nitrogens with zero attached hydrogens (tertiary/aromatic N) is 5. The lowest BCUT2D eigenvalue weighted by molar-refractivity contribution is 0.397. The highest BCUT2D eigenvalue weighted by Crippen LogP contribution is 2.29. The summed E-state index contributed by atoms with van der Waals surface area (Å²) in [6, 6.07) is 0. The van der Waals surface area contributed by atoms with Gasteiger partial charge in [-0.25, -0.2) is 9.98 Å². The monoisotopic (exact) mass is 270 g/mol. The van der Waals surface area contributed by atoms with Crippen LogP contribution in [0, 0.1) is 11.8 Å². The fourth-order valence-corrected chi connectivity index (χ4v) is 1.75. The molecular weight excluding hydrogens is 260 g/mol. The molecule has 0 saturated heterocycles. The van der Waals surface area contributed by atoms with Crippen LogP contribution >= 0.6 is 11.6 Å². The fourth-order valence-electron chi connectivity index (χ4n) is 1.50. The molecule has 1 N–H and O–H groups in total. The minimum Gasteiger partial charge on any atom is -0.479 e. The van der Waals surface area contributed by atoms with Crippen molar-refractivity contribution in [1.82, 2.24) is 15.0 Å². The van der Waals surface area contributed by atoms with E-state index in [0.717, 1.165) is 0 Å². The van der Waals surface area contributed by atoms with Gasteiger partial charge in [0.05, 0.1) is 25.5 Å². The number of anilines is 1. The molecule has 9 heteroatoms. The first-order valence-electron chi connectivity index (χ1n) is 5.16. The second kappa shape index (κ2) is 5.13. The van der Waals surface area contributed by atoms with E-state index in [0.29, 0.717) is 30.6 Å². The molecule has 0 bridgehead atoms. The number of ether oxygens (including phenoxy) is 1. The predicted octanol–water partition coefficient (Wildman–Crippen LogP) is 1.21. The molecule has 0 aromatic carbocycles. The molecule has 0 amide bonds. The first kappa shape index (κ1) is 12.5. The highest BCUT2D eigenvalue weighted by Gasteiger charge is 2.21. The summed E-state index contributed by atoms with van der Waals surface area (Å²) in [5, 5.41) is 7.07. The molecule has 1 aromatic rings. The summed E-state index contributed by atoms with van der Waals surface area (Å²) in [6.07, 6.45) is 0. The van der Waals surface area contributed by atoms with Crippen molar-refractivity contribution in [2.24, 2.45) is 10.3 Å². The number of hydrogen-bond acceptors (Lipinski definition) is 7. The van der Waals surface area contributed by atoms with E-state index < -0.39 is 0 Å². The summed E-state index contributed by atoms with van der Waals surface area (Å²) >= 11 is 6.01. The van der Waals surface area contributed by atoms with E-state index in [1.165, 1.54) is 12.1 Å². The van der Waals surface area contributed by atoms with E-state index in [4.69, 9.17) is 16.3 Å². The van der Waals surface area contributed by atoms with Crippen molar-refractivity contribution in [2.45, 2.75) is 6.92 Å². The van der Waals surface area contributed by atoms with Crippen LogP contribution in [0.1, 0.15) is 5.82 Å². The quantitative estimate of drug-likeness (QED) is 0.656. The average Bonchev–Trinajstić information content (AvgIpc) is 2.79. The van der Waals surface area contributed by atoms with Crippen LogP contribution in [0.5, 0.6) is 5.88 Å². The van der Waals surface area contributed by atoms with Gasteiger partial charge in [-0.15, -0.1) is 4.91 Å². The van der Waals surface area contributed by atoms with Crippen molar-refractivity contribution >= 4 is 23.2 Å². The third-order valence-electron chi connectivity index (χ3n) is 2.29. The zero-order chi connectivity index (χ0) is 13.1. The summed E-state index contributed by atoms with van der Waals surface area (Å²) in [5.41, 5.74) is 0.360. The van der Waals surface area contributed by atoms with Crippen molar-refractivity contribution < 1.29 is 4.74 Å². The summed E-state index contributed by atoms with van der Waals surface area (Å²) in [4.78, 5) is 22.7. The molecular formula is C9H11ClN6O2. The maximum Gasteiger partial charge on any atom is 0.242 e. The molecule has 8 nitrogen and oxygen atoms in total. The van der Waals surface area contributed by atoms with Crippen LogP contribution in [0.25, 0.3) is 0 Å². The van der Waals surface area contributed by atoms with Crippen LogP contribution < -0.4 is 10.1 Å². The number of guanidine groups is 1. The Hall–Kier alpha value is -1.96. The Bertz CT molecular complexity index is 506. The smallest absolute Gasteiger partial charge is 0.242 e. The zero-order valence-electron chi connectivity index (χ0n) is 9.84. The molecule has 2 heterocycles. The first-order valence-corrected chi connectivity index (χ1v) is 5.54. The van der Waals surface area contributed by atoms with Gasteiger partial charge in [-0.3, -0.25) is 0 Å². The van der Waals surface area contributed by atoms with Crippen molar-refractivity contribution in [1.29, 1.82) is 0 Å². The molecule has 0 radical (unpaired) electrons. The van der Waals surface area contributed by atoms with E-state index in [9.17, 15) is 4.91 Å². The Balaban J connectivity index is 2.31. The van der Waals surface area contributed by atoms with Crippen molar-refractivity contribution in [3.8, 4) is 5.88 Å². The van der Waals surface area contributed by atoms with E-state index >= 15 is 0 Å². The molecule has 2 rings (SSSR count). The number of aryl methyl sites for hydroxylation is 1. The highest BCUT2D eigenvalue weighted by atomic mass is 35.5. The van der Waals surface area contributed by atoms with Crippen LogP contribution in [0.4, 0.5) is 5.69 Å². The number of nitrogens with one attached hydrogen (secondary N) is 1. The van der Waals surface area contributed by atoms with Crippen LogP contribution in [0.3, 0.4) is 0 Å². The number of aliphatic imine (C=N–C) groups is 1. The molecule has 1 aliphatic heterocycles. The van der Waals surface area contributed by atoms with Gasteiger partial charge in [-0.2, -0.15) is 9.99 Å². The van der Waals surface area contributed by atoms with Crippen LogP contribution in [-0.4, -0.2) is 41.1 Å². The topological polar surface area (TPSA) is 92.1 Å². The van der Waals surface area contributed by atoms with Gasteiger partial charge >= 0.3 is 0 Å². The van der Waals surface area contributed by atoms with E-state index in [-0.39, 0.29) is 11.0 Å². The Labute approximate surface area is 108 Å². The first-order chi connectivity index (χ1) is 8.65. The van der Waals surface area contributed by atoms with Crippen molar-refractivity contribution in [2.75, 3.05) is 25.5 Å². The van der Waals surface area contributed by atoms with Gasteiger partial charge in [0.15, 0.2) is 5.15 Å². The Morgan fingerprint density at radius 3 is 2.94 bits per heavy atom. The second-order valence-corrected chi connectivity index (χ2v) is 3.84.